The monoisotopic (exact) mass is 447 g/mol. The molecule has 0 aliphatic heterocycles. The van der Waals surface area contributed by atoms with Crippen molar-refractivity contribution in [3.63, 3.8) is 0 Å². The topological polar surface area (TPSA) is 3.24 Å². The van der Waals surface area contributed by atoms with E-state index in [9.17, 15) is 0 Å². The van der Waals surface area contributed by atoms with Crippen LogP contribution in [0.4, 0.5) is 17.1 Å². The molecule has 166 valence electrons. The van der Waals surface area contributed by atoms with Crippen LogP contribution in [0.1, 0.15) is 0 Å². The second-order valence-corrected chi connectivity index (χ2v) is 8.70. The van der Waals surface area contributed by atoms with E-state index in [0.29, 0.717) is 0 Å². The first-order valence-electron chi connectivity index (χ1n) is 12.0. The third-order valence-corrected chi connectivity index (χ3v) is 6.41. The van der Waals surface area contributed by atoms with E-state index in [1.54, 1.807) is 0 Å². The Hall–Kier alpha value is -4.62. The molecule has 0 heterocycles. The summed E-state index contributed by atoms with van der Waals surface area (Å²) >= 11 is 0. The number of anilines is 3. The van der Waals surface area contributed by atoms with E-state index in [-0.39, 0.29) is 0 Å². The first-order valence-corrected chi connectivity index (χ1v) is 12.0. The van der Waals surface area contributed by atoms with E-state index in [0.717, 1.165) is 17.1 Å². The molecule has 0 fully saturated rings. The molecule has 0 aromatic heterocycles. The highest BCUT2D eigenvalue weighted by atomic mass is 15.1. The van der Waals surface area contributed by atoms with Crippen LogP contribution in [0.3, 0.4) is 0 Å². The summed E-state index contributed by atoms with van der Waals surface area (Å²) in [4.78, 5) is 2.33. The molecular formula is C34H25N. The van der Waals surface area contributed by atoms with Crippen molar-refractivity contribution in [3.8, 4) is 22.3 Å². The largest absolute Gasteiger partial charge is 0.310 e. The summed E-state index contributed by atoms with van der Waals surface area (Å²) in [7, 11) is 0. The van der Waals surface area contributed by atoms with Gasteiger partial charge in [0.15, 0.2) is 0 Å². The van der Waals surface area contributed by atoms with E-state index in [4.69, 9.17) is 0 Å². The Kier molecular flexibility index (Phi) is 5.58. The van der Waals surface area contributed by atoms with Gasteiger partial charge in [0.05, 0.1) is 0 Å². The molecule has 6 aromatic rings. The van der Waals surface area contributed by atoms with Crippen molar-refractivity contribution in [3.05, 3.63) is 152 Å². The van der Waals surface area contributed by atoms with E-state index in [1.807, 2.05) is 0 Å². The predicted octanol–water partition coefficient (Wildman–Crippen LogP) is 9.64. The molecule has 6 rings (SSSR count). The molecule has 0 saturated heterocycles. The van der Waals surface area contributed by atoms with Crippen molar-refractivity contribution in [2.75, 3.05) is 4.90 Å². The first-order chi connectivity index (χ1) is 17.3. The second kappa shape index (κ2) is 9.32. The molecule has 0 aliphatic rings. The minimum Gasteiger partial charge on any atom is -0.310 e. The van der Waals surface area contributed by atoms with Crippen LogP contribution in [0.15, 0.2) is 152 Å². The van der Waals surface area contributed by atoms with Crippen LogP contribution >= 0.6 is 0 Å². The molecule has 0 aliphatic carbocycles. The van der Waals surface area contributed by atoms with Crippen molar-refractivity contribution in [1.82, 2.24) is 0 Å². The number of nitrogens with zero attached hydrogens (tertiary/aromatic N) is 1. The van der Waals surface area contributed by atoms with Gasteiger partial charge < -0.3 is 4.90 Å². The number of hydrogen-bond donors (Lipinski definition) is 0. The highest BCUT2D eigenvalue weighted by Gasteiger charge is 2.14. The number of rotatable bonds is 5. The van der Waals surface area contributed by atoms with Gasteiger partial charge in [-0.2, -0.15) is 0 Å². The summed E-state index contributed by atoms with van der Waals surface area (Å²) in [6.45, 7) is 0. The van der Waals surface area contributed by atoms with Gasteiger partial charge in [-0.15, -0.1) is 0 Å². The minimum atomic E-state index is 1.13. The van der Waals surface area contributed by atoms with Crippen LogP contribution in [0.5, 0.6) is 0 Å². The Labute approximate surface area is 206 Å². The Morgan fingerprint density at radius 3 is 1.46 bits per heavy atom. The lowest BCUT2D eigenvalue weighted by Gasteiger charge is -2.26. The molecule has 6 aromatic carbocycles. The summed E-state index contributed by atoms with van der Waals surface area (Å²) in [5, 5.41) is 2.52. The van der Waals surface area contributed by atoms with Crippen molar-refractivity contribution in [2.24, 2.45) is 0 Å². The predicted molar refractivity (Wildman–Crippen MR) is 150 cm³/mol. The zero-order chi connectivity index (χ0) is 23.5. The van der Waals surface area contributed by atoms with Crippen LogP contribution in [0, 0.1) is 0 Å². The average molecular weight is 448 g/mol. The van der Waals surface area contributed by atoms with Gasteiger partial charge in [0.2, 0.25) is 0 Å². The zero-order valence-corrected chi connectivity index (χ0v) is 19.4. The van der Waals surface area contributed by atoms with Crippen molar-refractivity contribution < 1.29 is 0 Å². The summed E-state index contributed by atoms with van der Waals surface area (Å²) < 4.78 is 0. The molecule has 1 heteroatoms. The maximum Gasteiger partial charge on any atom is 0.0467 e. The van der Waals surface area contributed by atoms with Crippen molar-refractivity contribution in [1.29, 1.82) is 0 Å². The van der Waals surface area contributed by atoms with E-state index >= 15 is 0 Å². The van der Waals surface area contributed by atoms with Gasteiger partial charge in [-0.25, -0.2) is 0 Å². The highest BCUT2D eigenvalue weighted by molar-refractivity contribution is 5.88. The number of benzene rings is 6. The molecular weight excluding hydrogens is 422 g/mol. The summed E-state index contributed by atoms with van der Waals surface area (Å²) in [5.74, 6) is 0. The van der Waals surface area contributed by atoms with Crippen LogP contribution < -0.4 is 4.90 Å². The van der Waals surface area contributed by atoms with Gasteiger partial charge >= 0.3 is 0 Å². The molecule has 0 N–H and O–H groups in total. The van der Waals surface area contributed by atoms with Crippen LogP contribution in [0.2, 0.25) is 0 Å². The quantitative estimate of drug-likeness (QED) is 0.254. The fourth-order valence-corrected chi connectivity index (χ4v) is 4.67. The standard InChI is InChI=1S/C34H25N/c1-3-11-26(12-4-1)29-15-9-19-33(24-29)35(32-17-5-2-6-18-32)34-20-10-16-30(25-34)31-22-21-27-13-7-8-14-28(27)23-31/h1-25H. The molecule has 0 spiro atoms. The van der Waals surface area contributed by atoms with Crippen LogP contribution in [0.25, 0.3) is 33.0 Å². The number of para-hydroxylation sites is 1. The van der Waals surface area contributed by atoms with Gasteiger partial charge in [0, 0.05) is 17.1 Å². The van der Waals surface area contributed by atoms with Gasteiger partial charge in [-0.05, 0) is 75.5 Å². The summed E-state index contributed by atoms with van der Waals surface area (Å²) in [5.41, 5.74) is 8.24. The number of fused-ring (bicyclic) bond motifs is 1. The van der Waals surface area contributed by atoms with Gasteiger partial charge in [0.25, 0.3) is 0 Å². The summed E-state index contributed by atoms with van der Waals surface area (Å²) in [6, 6.07) is 53.9. The molecule has 1 nitrogen and oxygen atoms in total. The fourth-order valence-electron chi connectivity index (χ4n) is 4.67. The molecule has 0 unspecified atom stereocenters. The average Bonchev–Trinajstić information content (AvgIpc) is 2.94. The van der Waals surface area contributed by atoms with Gasteiger partial charge in [-0.1, -0.05) is 109 Å². The SMILES string of the molecule is c1ccc(-c2cccc(N(c3ccccc3)c3cccc(-c4ccc5ccccc5c4)c3)c2)cc1. The molecule has 0 atom stereocenters. The maximum absolute atomic E-state index is 2.33. The molecule has 35 heavy (non-hydrogen) atoms. The summed E-state index contributed by atoms with van der Waals surface area (Å²) in [6.07, 6.45) is 0. The molecule has 0 amide bonds. The zero-order valence-electron chi connectivity index (χ0n) is 19.4. The highest BCUT2D eigenvalue weighted by Crippen LogP contribution is 2.38. The normalized spacial score (nSPS) is 10.9. The molecule has 0 radical (unpaired) electrons. The van der Waals surface area contributed by atoms with Crippen molar-refractivity contribution in [2.45, 2.75) is 0 Å². The lowest BCUT2D eigenvalue weighted by atomic mass is 10.00. The number of hydrogen-bond acceptors (Lipinski definition) is 1. The minimum absolute atomic E-state index is 1.13. The maximum atomic E-state index is 2.33. The molecule has 0 bridgehead atoms. The lowest BCUT2D eigenvalue weighted by molar-refractivity contribution is 1.28. The van der Waals surface area contributed by atoms with Crippen molar-refractivity contribution >= 4 is 27.8 Å². The lowest BCUT2D eigenvalue weighted by Crippen LogP contribution is -2.10. The fraction of sp³-hybridized carbons (Fsp3) is 0. The third kappa shape index (κ3) is 4.32. The van der Waals surface area contributed by atoms with Gasteiger partial charge in [0.1, 0.15) is 0 Å². The van der Waals surface area contributed by atoms with E-state index < -0.39 is 0 Å². The Morgan fingerprint density at radius 2 is 0.771 bits per heavy atom. The molecule has 0 saturated carbocycles. The second-order valence-electron chi connectivity index (χ2n) is 8.70. The first kappa shape index (κ1) is 20.9. The van der Waals surface area contributed by atoms with E-state index in [1.165, 1.54) is 33.0 Å². The Bertz CT molecular complexity index is 1590. The Balaban J connectivity index is 1.47. The van der Waals surface area contributed by atoms with Crippen LogP contribution in [-0.4, -0.2) is 0 Å². The van der Waals surface area contributed by atoms with E-state index in [2.05, 4.69) is 157 Å². The van der Waals surface area contributed by atoms with Gasteiger partial charge in [-0.3, -0.25) is 0 Å². The third-order valence-electron chi connectivity index (χ3n) is 6.41. The Morgan fingerprint density at radius 1 is 0.286 bits per heavy atom. The smallest absolute Gasteiger partial charge is 0.0467 e. The van der Waals surface area contributed by atoms with Crippen LogP contribution in [-0.2, 0) is 0 Å².